The normalized spacial score (nSPS) is 13.2. The van der Waals surface area contributed by atoms with Crippen LogP contribution >= 0.6 is 0 Å². The van der Waals surface area contributed by atoms with E-state index in [-0.39, 0.29) is 0 Å². The summed E-state index contributed by atoms with van der Waals surface area (Å²) in [7, 11) is 1.94. The molecule has 0 bridgehead atoms. The highest BCUT2D eigenvalue weighted by molar-refractivity contribution is 5.79. The van der Waals surface area contributed by atoms with Crippen molar-refractivity contribution < 1.29 is 0 Å². The Bertz CT molecular complexity index is 784. The van der Waals surface area contributed by atoms with Gasteiger partial charge in [-0.25, -0.2) is 4.98 Å². The molecule has 5 nitrogen and oxygen atoms in total. The summed E-state index contributed by atoms with van der Waals surface area (Å²) in [6.07, 6.45) is 8.86. The average molecular weight is 279 g/mol. The first-order chi connectivity index (χ1) is 10.3. The molecule has 0 aliphatic carbocycles. The summed E-state index contributed by atoms with van der Waals surface area (Å²) < 4.78 is 4.00. The zero-order valence-electron chi connectivity index (χ0n) is 12.0. The van der Waals surface area contributed by atoms with Gasteiger partial charge in [-0.15, -0.1) is 0 Å². The lowest BCUT2D eigenvalue weighted by molar-refractivity contribution is 0.763. The van der Waals surface area contributed by atoms with Gasteiger partial charge < -0.3 is 9.88 Å². The van der Waals surface area contributed by atoms with Gasteiger partial charge in [-0.1, -0.05) is 18.2 Å². The molecule has 3 aromatic rings. The van der Waals surface area contributed by atoms with Crippen molar-refractivity contribution in [3.05, 3.63) is 54.2 Å². The van der Waals surface area contributed by atoms with Gasteiger partial charge in [0, 0.05) is 36.6 Å². The number of nitrogens with zero attached hydrogens (tertiary/aromatic N) is 4. The zero-order chi connectivity index (χ0) is 14.2. The van der Waals surface area contributed by atoms with E-state index in [2.05, 4.69) is 38.2 Å². The summed E-state index contributed by atoms with van der Waals surface area (Å²) >= 11 is 0. The number of para-hydroxylation sites is 1. The molecule has 0 fully saturated rings. The zero-order valence-corrected chi connectivity index (χ0v) is 12.0. The van der Waals surface area contributed by atoms with Crippen LogP contribution in [0.5, 0.6) is 0 Å². The molecule has 2 aromatic heterocycles. The molecule has 0 atom stereocenters. The number of benzene rings is 1. The van der Waals surface area contributed by atoms with E-state index < -0.39 is 0 Å². The quantitative estimate of drug-likeness (QED) is 0.800. The standard InChI is InChI=1S/C16H17N5/c1-20-9-12(7-19-20)10-21-11-17-8-15(21)14-4-2-3-13-5-6-18-16(13)14/h2-4,7-9,11,18H,5-6,10H2,1H3. The van der Waals surface area contributed by atoms with Gasteiger partial charge in [-0.2, -0.15) is 5.10 Å². The maximum absolute atomic E-state index is 4.33. The Kier molecular flexibility index (Phi) is 2.77. The molecular weight excluding hydrogens is 262 g/mol. The largest absolute Gasteiger partial charge is 0.384 e. The number of nitrogens with one attached hydrogen (secondary N) is 1. The molecule has 3 heterocycles. The lowest BCUT2D eigenvalue weighted by Crippen LogP contribution is -2.01. The third-order valence-electron chi connectivity index (χ3n) is 3.95. The van der Waals surface area contributed by atoms with Crippen LogP contribution in [0.15, 0.2) is 43.1 Å². The Labute approximate surface area is 123 Å². The molecule has 0 amide bonds. The molecule has 0 radical (unpaired) electrons. The van der Waals surface area contributed by atoms with Crippen LogP contribution in [-0.2, 0) is 20.0 Å². The summed E-state index contributed by atoms with van der Waals surface area (Å²) in [5, 5.41) is 7.72. The number of hydrogen-bond acceptors (Lipinski definition) is 3. The number of hydrogen-bond donors (Lipinski definition) is 1. The van der Waals surface area contributed by atoms with Crippen LogP contribution in [0.4, 0.5) is 5.69 Å². The number of anilines is 1. The van der Waals surface area contributed by atoms with E-state index in [0.29, 0.717) is 0 Å². The second-order valence-electron chi connectivity index (χ2n) is 5.45. The van der Waals surface area contributed by atoms with Crippen molar-refractivity contribution >= 4 is 5.69 Å². The predicted molar refractivity (Wildman–Crippen MR) is 82.2 cm³/mol. The van der Waals surface area contributed by atoms with Crippen LogP contribution < -0.4 is 5.32 Å². The molecule has 4 rings (SSSR count). The van der Waals surface area contributed by atoms with Gasteiger partial charge in [0.2, 0.25) is 0 Å². The van der Waals surface area contributed by atoms with Crippen LogP contribution in [0.1, 0.15) is 11.1 Å². The Balaban J connectivity index is 1.74. The Morgan fingerprint density at radius 1 is 1.29 bits per heavy atom. The molecule has 1 aliphatic heterocycles. The minimum atomic E-state index is 0.785. The maximum atomic E-state index is 4.33. The summed E-state index contributed by atoms with van der Waals surface area (Å²) in [4.78, 5) is 4.33. The van der Waals surface area contributed by atoms with Crippen molar-refractivity contribution in [2.45, 2.75) is 13.0 Å². The minimum absolute atomic E-state index is 0.785. The smallest absolute Gasteiger partial charge is 0.0954 e. The first-order valence-corrected chi connectivity index (χ1v) is 7.15. The second-order valence-corrected chi connectivity index (χ2v) is 5.45. The van der Waals surface area contributed by atoms with E-state index >= 15 is 0 Å². The minimum Gasteiger partial charge on any atom is -0.384 e. The molecule has 5 heteroatoms. The first kappa shape index (κ1) is 12.2. The average Bonchev–Trinajstić information content (AvgIpc) is 3.19. The SMILES string of the molecule is Cn1cc(Cn2cncc2-c2cccc3c2NCC3)cn1. The van der Waals surface area contributed by atoms with Gasteiger partial charge in [0.15, 0.2) is 0 Å². The van der Waals surface area contributed by atoms with Crippen LogP contribution in [0.25, 0.3) is 11.3 Å². The monoisotopic (exact) mass is 279 g/mol. The highest BCUT2D eigenvalue weighted by Gasteiger charge is 2.17. The molecular formula is C16H17N5. The van der Waals surface area contributed by atoms with E-state index in [1.54, 1.807) is 0 Å². The molecule has 1 N–H and O–H groups in total. The molecule has 0 saturated carbocycles. The number of aromatic nitrogens is 4. The first-order valence-electron chi connectivity index (χ1n) is 7.15. The van der Waals surface area contributed by atoms with Gasteiger partial charge in [-0.3, -0.25) is 4.68 Å². The highest BCUT2D eigenvalue weighted by Crippen LogP contribution is 2.34. The van der Waals surface area contributed by atoms with E-state index in [9.17, 15) is 0 Å². The van der Waals surface area contributed by atoms with Crippen LogP contribution in [-0.4, -0.2) is 25.9 Å². The van der Waals surface area contributed by atoms with Gasteiger partial charge in [-0.05, 0) is 12.0 Å². The van der Waals surface area contributed by atoms with E-state index in [0.717, 1.165) is 25.2 Å². The third kappa shape index (κ3) is 2.11. The number of fused-ring (bicyclic) bond motifs is 1. The Morgan fingerprint density at radius 3 is 3.10 bits per heavy atom. The van der Waals surface area contributed by atoms with E-state index in [1.165, 1.54) is 22.4 Å². The summed E-state index contributed by atoms with van der Waals surface area (Å²) in [6, 6.07) is 6.48. The van der Waals surface area contributed by atoms with E-state index in [4.69, 9.17) is 0 Å². The van der Waals surface area contributed by atoms with Gasteiger partial charge >= 0.3 is 0 Å². The molecule has 0 saturated heterocycles. The summed E-state index contributed by atoms with van der Waals surface area (Å²) in [5.74, 6) is 0. The van der Waals surface area contributed by atoms with Crippen molar-refractivity contribution in [1.82, 2.24) is 19.3 Å². The van der Waals surface area contributed by atoms with E-state index in [1.807, 2.05) is 36.6 Å². The van der Waals surface area contributed by atoms with Gasteiger partial charge in [0.25, 0.3) is 0 Å². The van der Waals surface area contributed by atoms with Crippen molar-refractivity contribution in [2.75, 3.05) is 11.9 Å². The second kappa shape index (κ2) is 4.77. The molecule has 1 aliphatic rings. The van der Waals surface area contributed by atoms with Crippen molar-refractivity contribution in [3.8, 4) is 11.3 Å². The third-order valence-corrected chi connectivity index (χ3v) is 3.95. The van der Waals surface area contributed by atoms with Gasteiger partial charge in [0.05, 0.1) is 31.0 Å². The lowest BCUT2D eigenvalue weighted by Gasteiger charge is -2.11. The fraction of sp³-hybridized carbons (Fsp3) is 0.250. The number of imidazole rings is 1. The highest BCUT2D eigenvalue weighted by atomic mass is 15.2. The molecule has 21 heavy (non-hydrogen) atoms. The number of aryl methyl sites for hydroxylation is 1. The molecule has 106 valence electrons. The lowest BCUT2D eigenvalue weighted by atomic mass is 10.1. The summed E-state index contributed by atoms with van der Waals surface area (Å²) in [6.45, 7) is 1.80. The predicted octanol–water partition coefficient (Wildman–Crippen LogP) is 2.30. The van der Waals surface area contributed by atoms with Crippen molar-refractivity contribution in [1.29, 1.82) is 0 Å². The Hall–Kier alpha value is -2.56. The molecule has 1 aromatic carbocycles. The van der Waals surface area contributed by atoms with Crippen molar-refractivity contribution in [2.24, 2.45) is 7.05 Å². The van der Waals surface area contributed by atoms with Crippen LogP contribution in [0.2, 0.25) is 0 Å². The molecule has 0 unspecified atom stereocenters. The van der Waals surface area contributed by atoms with Crippen molar-refractivity contribution in [3.63, 3.8) is 0 Å². The molecule has 0 spiro atoms. The Morgan fingerprint density at radius 2 is 2.24 bits per heavy atom. The topological polar surface area (TPSA) is 47.7 Å². The fourth-order valence-corrected chi connectivity index (χ4v) is 2.97. The fourth-order valence-electron chi connectivity index (χ4n) is 2.97. The van der Waals surface area contributed by atoms with Crippen LogP contribution in [0.3, 0.4) is 0 Å². The van der Waals surface area contributed by atoms with Crippen LogP contribution in [0, 0.1) is 0 Å². The number of rotatable bonds is 3. The summed E-state index contributed by atoms with van der Waals surface area (Å²) in [5.41, 5.74) is 6.20. The maximum Gasteiger partial charge on any atom is 0.0954 e. The van der Waals surface area contributed by atoms with Gasteiger partial charge in [0.1, 0.15) is 0 Å².